The highest BCUT2D eigenvalue weighted by molar-refractivity contribution is 9.10. The van der Waals surface area contributed by atoms with Crippen molar-refractivity contribution in [3.63, 3.8) is 0 Å². The molecule has 0 saturated carbocycles. The summed E-state index contributed by atoms with van der Waals surface area (Å²) in [7, 11) is -3.37. The van der Waals surface area contributed by atoms with E-state index in [-0.39, 0.29) is 5.91 Å². The van der Waals surface area contributed by atoms with Crippen LogP contribution in [0.3, 0.4) is 0 Å². The van der Waals surface area contributed by atoms with Crippen LogP contribution in [0.25, 0.3) is 10.2 Å². The van der Waals surface area contributed by atoms with Crippen molar-refractivity contribution in [1.29, 1.82) is 0 Å². The maximum Gasteiger partial charge on any atom is 0.256 e. The van der Waals surface area contributed by atoms with E-state index in [1.165, 1.54) is 11.3 Å². The fourth-order valence-corrected chi connectivity index (χ4v) is 4.25. The van der Waals surface area contributed by atoms with Crippen LogP contribution in [0, 0.1) is 0 Å². The monoisotopic (exact) mass is 425 g/mol. The van der Waals surface area contributed by atoms with E-state index in [2.05, 4.69) is 31.0 Å². The second-order valence-corrected chi connectivity index (χ2v) is 8.64. The summed E-state index contributed by atoms with van der Waals surface area (Å²) in [6.45, 7) is 0. The zero-order valence-corrected chi connectivity index (χ0v) is 15.6. The van der Waals surface area contributed by atoms with Gasteiger partial charge in [0.2, 0.25) is 10.0 Å². The summed E-state index contributed by atoms with van der Waals surface area (Å²) in [5.74, 6) is -0.235. The van der Waals surface area contributed by atoms with Crippen LogP contribution >= 0.6 is 27.3 Å². The smallest absolute Gasteiger partial charge is 0.256 e. The molecule has 0 atom stereocenters. The van der Waals surface area contributed by atoms with E-state index in [4.69, 9.17) is 0 Å². The predicted molar refractivity (Wildman–Crippen MR) is 100 cm³/mol. The molecule has 0 unspecified atom stereocenters. The summed E-state index contributed by atoms with van der Waals surface area (Å²) in [4.78, 5) is 16.5. The average Bonchev–Trinajstić information content (AvgIpc) is 2.86. The summed E-state index contributed by atoms with van der Waals surface area (Å²) in [6.07, 6.45) is 1.07. The van der Waals surface area contributed by atoms with E-state index < -0.39 is 10.0 Å². The lowest BCUT2D eigenvalue weighted by atomic mass is 10.2. The number of nitrogens with zero attached hydrogens (tertiary/aromatic N) is 1. The molecule has 0 aliphatic rings. The molecule has 0 radical (unpaired) electrons. The molecule has 1 amide bonds. The standard InChI is InChI=1S/C15H12BrN3O3S2/c1-24(21,22)19-15-18-12-7-6-9(8-13(12)23-15)17-14(20)10-4-2-3-5-11(10)16/h2-8H,1H3,(H,17,20)(H,18,19). The summed E-state index contributed by atoms with van der Waals surface area (Å²) < 4.78 is 26.4. The van der Waals surface area contributed by atoms with Crippen LogP contribution in [0.2, 0.25) is 0 Å². The van der Waals surface area contributed by atoms with E-state index in [9.17, 15) is 13.2 Å². The number of fused-ring (bicyclic) bond motifs is 1. The fourth-order valence-electron chi connectivity index (χ4n) is 2.05. The molecule has 1 aromatic heterocycles. The molecule has 6 nitrogen and oxygen atoms in total. The Hall–Kier alpha value is -1.97. The minimum Gasteiger partial charge on any atom is -0.322 e. The van der Waals surface area contributed by atoms with Crippen LogP contribution in [0.15, 0.2) is 46.9 Å². The van der Waals surface area contributed by atoms with Crippen molar-refractivity contribution in [1.82, 2.24) is 4.98 Å². The maximum absolute atomic E-state index is 12.3. The Labute approximate surface area is 151 Å². The Morgan fingerprint density at radius 3 is 2.67 bits per heavy atom. The lowest BCUT2D eigenvalue weighted by Crippen LogP contribution is -2.12. The minimum atomic E-state index is -3.37. The van der Waals surface area contributed by atoms with Gasteiger partial charge in [0.15, 0.2) is 5.13 Å². The molecule has 2 N–H and O–H groups in total. The second-order valence-electron chi connectivity index (χ2n) is 5.01. The highest BCUT2D eigenvalue weighted by Crippen LogP contribution is 2.29. The number of halogens is 1. The van der Waals surface area contributed by atoms with Gasteiger partial charge in [-0.2, -0.15) is 0 Å². The maximum atomic E-state index is 12.3. The number of sulfonamides is 1. The first kappa shape index (κ1) is 16.9. The van der Waals surface area contributed by atoms with Crippen molar-refractivity contribution in [3.8, 4) is 0 Å². The molecule has 0 spiro atoms. The summed E-state index contributed by atoms with van der Waals surface area (Å²) in [5, 5.41) is 3.11. The number of amides is 1. The third-order valence-electron chi connectivity index (χ3n) is 3.04. The van der Waals surface area contributed by atoms with Gasteiger partial charge in [-0.1, -0.05) is 23.5 Å². The number of benzene rings is 2. The number of aromatic nitrogens is 1. The Bertz CT molecular complexity index is 1030. The minimum absolute atomic E-state index is 0.235. The fraction of sp³-hybridized carbons (Fsp3) is 0.0667. The molecule has 0 aliphatic heterocycles. The quantitative estimate of drug-likeness (QED) is 0.666. The van der Waals surface area contributed by atoms with Gasteiger partial charge in [-0.25, -0.2) is 13.4 Å². The first-order valence-electron chi connectivity index (χ1n) is 6.76. The number of carbonyl (C=O) groups excluding carboxylic acids is 1. The molecule has 9 heteroatoms. The van der Waals surface area contributed by atoms with Crippen molar-refractivity contribution in [2.75, 3.05) is 16.3 Å². The van der Waals surface area contributed by atoms with Gasteiger partial charge >= 0.3 is 0 Å². The highest BCUT2D eigenvalue weighted by atomic mass is 79.9. The van der Waals surface area contributed by atoms with Gasteiger partial charge in [-0.05, 0) is 46.3 Å². The Kier molecular flexibility index (Phi) is 4.57. The zero-order valence-electron chi connectivity index (χ0n) is 12.4. The summed E-state index contributed by atoms with van der Waals surface area (Å²) >= 11 is 4.55. The molecular formula is C15H12BrN3O3S2. The topological polar surface area (TPSA) is 88.2 Å². The number of rotatable bonds is 4. The van der Waals surface area contributed by atoms with Gasteiger partial charge in [-0.15, -0.1) is 0 Å². The second kappa shape index (κ2) is 6.50. The third-order valence-corrected chi connectivity index (χ3v) is 5.36. The number of hydrogen-bond donors (Lipinski definition) is 2. The molecular weight excluding hydrogens is 414 g/mol. The molecule has 0 fully saturated rings. The third kappa shape index (κ3) is 3.92. The number of nitrogens with one attached hydrogen (secondary N) is 2. The molecule has 2 aromatic carbocycles. The Balaban J connectivity index is 1.86. The van der Waals surface area contributed by atoms with Gasteiger partial charge in [0.25, 0.3) is 5.91 Å². The van der Waals surface area contributed by atoms with Crippen molar-refractivity contribution in [3.05, 3.63) is 52.5 Å². The van der Waals surface area contributed by atoms with Gasteiger partial charge in [0.05, 0.1) is 22.0 Å². The predicted octanol–water partition coefficient (Wildman–Crippen LogP) is 3.68. The van der Waals surface area contributed by atoms with Crippen LogP contribution in [0.1, 0.15) is 10.4 Å². The molecule has 0 aliphatic carbocycles. The van der Waals surface area contributed by atoms with Crippen molar-refractivity contribution >= 4 is 64.2 Å². The van der Waals surface area contributed by atoms with E-state index in [1.54, 1.807) is 36.4 Å². The molecule has 24 heavy (non-hydrogen) atoms. The Morgan fingerprint density at radius 2 is 1.96 bits per heavy atom. The van der Waals surface area contributed by atoms with Crippen molar-refractivity contribution in [2.45, 2.75) is 0 Å². The molecule has 3 rings (SSSR count). The van der Waals surface area contributed by atoms with Crippen LogP contribution < -0.4 is 10.0 Å². The highest BCUT2D eigenvalue weighted by Gasteiger charge is 2.12. The molecule has 3 aromatic rings. The van der Waals surface area contributed by atoms with Gasteiger partial charge in [0.1, 0.15) is 0 Å². The summed E-state index contributed by atoms with van der Waals surface area (Å²) in [6, 6.07) is 12.4. The van der Waals surface area contributed by atoms with Gasteiger partial charge in [-0.3, -0.25) is 9.52 Å². The Morgan fingerprint density at radius 1 is 1.21 bits per heavy atom. The van der Waals surface area contributed by atoms with E-state index >= 15 is 0 Å². The van der Waals surface area contributed by atoms with Crippen molar-refractivity contribution in [2.24, 2.45) is 0 Å². The zero-order chi connectivity index (χ0) is 17.3. The molecule has 124 valence electrons. The average molecular weight is 426 g/mol. The molecule has 0 saturated heterocycles. The lowest BCUT2D eigenvalue weighted by molar-refractivity contribution is 0.102. The van der Waals surface area contributed by atoms with E-state index in [0.717, 1.165) is 11.0 Å². The SMILES string of the molecule is CS(=O)(=O)Nc1nc2ccc(NC(=O)c3ccccc3Br)cc2s1. The van der Waals surface area contributed by atoms with Crippen LogP contribution in [0.5, 0.6) is 0 Å². The van der Waals surface area contributed by atoms with E-state index in [1.807, 2.05) is 6.07 Å². The van der Waals surface area contributed by atoms with E-state index in [0.29, 0.717) is 26.4 Å². The largest absolute Gasteiger partial charge is 0.322 e. The summed E-state index contributed by atoms with van der Waals surface area (Å²) in [5.41, 5.74) is 1.80. The van der Waals surface area contributed by atoms with Gasteiger partial charge in [0, 0.05) is 10.2 Å². The number of carbonyl (C=O) groups is 1. The normalized spacial score (nSPS) is 11.4. The number of anilines is 2. The molecule has 0 bridgehead atoms. The first-order chi connectivity index (χ1) is 11.3. The molecule has 1 heterocycles. The number of thiazole rings is 1. The van der Waals surface area contributed by atoms with Crippen molar-refractivity contribution < 1.29 is 13.2 Å². The van der Waals surface area contributed by atoms with Gasteiger partial charge < -0.3 is 5.32 Å². The first-order valence-corrected chi connectivity index (χ1v) is 10.3. The number of hydrogen-bond acceptors (Lipinski definition) is 5. The lowest BCUT2D eigenvalue weighted by Gasteiger charge is -2.06. The van der Waals surface area contributed by atoms with Crippen LogP contribution in [-0.2, 0) is 10.0 Å². The van der Waals surface area contributed by atoms with Crippen LogP contribution in [0.4, 0.5) is 10.8 Å². The van der Waals surface area contributed by atoms with Crippen LogP contribution in [-0.4, -0.2) is 25.6 Å².